The normalized spacial score (nSPS) is 42.1. The van der Waals surface area contributed by atoms with Crippen LogP contribution < -0.4 is 11.0 Å². The number of hydrogen-bond donors (Lipinski definition) is 2. The zero-order valence-electron chi connectivity index (χ0n) is 19.3. The number of rotatable bonds is 4. The summed E-state index contributed by atoms with van der Waals surface area (Å²) in [7, 11) is 1.75. The summed E-state index contributed by atoms with van der Waals surface area (Å²) in [6.07, 6.45) is 10.1. The zero-order valence-corrected chi connectivity index (χ0v) is 20.0. The van der Waals surface area contributed by atoms with Crippen LogP contribution in [-0.2, 0) is 16.6 Å². The van der Waals surface area contributed by atoms with Crippen molar-refractivity contribution in [1.82, 2.24) is 19.1 Å². The standard InChI is InChI=1S/C25H26ClN5O4/c1-30-17-10-27-22(28-16-5-12-2-3-35-18(12)6-15(16)26)29-20(17)31(23(30)34)19-13-4-11-7-24(21(32)33)9-14(19)25(13,24)8-11/h5-6,10-14,18-19H,2-4,7-9H2,1H3,(H,32,33)(H,27,28,29). The first kappa shape index (κ1) is 20.5. The fourth-order valence-electron chi connectivity index (χ4n) is 9.11. The molecule has 8 unspecified atom stereocenters. The molecule has 1 saturated heterocycles. The smallest absolute Gasteiger partial charge is 0.330 e. The molecule has 1 aliphatic heterocycles. The van der Waals surface area contributed by atoms with E-state index < -0.39 is 11.4 Å². The monoisotopic (exact) mass is 495 g/mol. The highest BCUT2D eigenvalue weighted by molar-refractivity contribution is 6.32. The maximum Gasteiger partial charge on any atom is 0.330 e. The van der Waals surface area contributed by atoms with Gasteiger partial charge in [-0.3, -0.25) is 13.9 Å². The predicted molar refractivity (Wildman–Crippen MR) is 127 cm³/mol. The van der Waals surface area contributed by atoms with Gasteiger partial charge in [0, 0.05) is 25.6 Å². The van der Waals surface area contributed by atoms with Gasteiger partial charge in [-0.25, -0.2) is 9.78 Å². The molecule has 6 aliphatic rings. The first-order valence-corrected chi connectivity index (χ1v) is 12.9. The average molecular weight is 496 g/mol. The first-order chi connectivity index (χ1) is 16.8. The van der Waals surface area contributed by atoms with Gasteiger partial charge in [-0.1, -0.05) is 17.7 Å². The van der Waals surface area contributed by atoms with Crippen molar-refractivity contribution in [3.63, 3.8) is 0 Å². The Morgan fingerprint density at radius 1 is 1.29 bits per heavy atom. The van der Waals surface area contributed by atoms with Gasteiger partial charge in [-0.2, -0.15) is 4.98 Å². The zero-order chi connectivity index (χ0) is 23.9. The van der Waals surface area contributed by atoms with Crippen LogP contribution in [0.15, 0.2) is 33.9 Å². The van der Waals surface area contributed by atoms with Crippen LogP contribution in [0.1, 0.15) is 38.1 Å². The van der Waals surface area contributed by atoms with Gasteiger partial charge in [0.05, 0.1) is 28.4 Å². The van der Waals surface area contributed by atoms with Crippen molar-refractivity contribution in [3.8, 4) is 0 Å². The number of halogens is 1. The summed E-state index contributed by atoms with van der Waals surface area (Å²) in [5, 5.41) is 13.9. The molecular weight excluding hydrogens is 470 g/mol. The number of carbonyl (C=O) groups is 1. The molecule has 35 heavy (non-hydrogen) atoms. The molecule has 182 valence electrons. The Balaban J connectivity index is 1.18. The number of anilines is 1. The lowest BCUT2D eigenvalue weighted by atomic mass is 9.30. The number of nitrogens with one attached hydrogen (secondary N) is 1. The Morgan fingerprint density at radius 2 is 2.14 bits per heavy atom. The molecule has 3 heterocycles. The van der Waals surface area contributed by atoms with Crippen LogP contribution in [0.5, 0.6) is 0 Å². The van der Waals surface area contributed by atoms with Crippen LogP contribution >= 0.6 is 11.6 Å². The van der Waals surface area contributed by atoms with Crippen LogP contribution in [0.4, 0.5) is 5.95 Å². The van der Waals surface area contributed by atoms with E-state index >= 15 is 0 Å². The fourth-order valence-corrected chi connectivity index (χ4v) is 9.34. The minimum Gasteiger partial charge on any atom is -0.481 e. The Labute approximate surface area is 205 Å². The Bertz CT molecular complexity index is 1460. The molecule has 10 heteroatoms. The molecule has 8 rings (SSSR count). The van der Waals surface area contributed by atoms with Crippen LogP contribution in [-0.4, -0.2) is 42.9 Å². The molecule has 4 saturated carbocycles. The molecule has 2 N–H and O–H groups in total. The van der Waals surface area contributed by atoms with Gasteiger partial charge in [0.15, 0.2) is 5.65 Å². The molecule has 2 aromatic heterocycles. The van der Waals surface area contributed by atoms with Gasteiger partial charge in [0.2, 0.25) is 5.95 Å². The molecule has 1 spiro atoms. The van der Waals surface area contributed by atoms with E-state index in [1.165, 1.54) is 0 Å². The fraction of sp³-hybridized carbons (Fsp3) is 0.600. The third-order valence-corrected chi connectivity index (χ3v) is 10.7. The highest BCUT2D eigenvalue weighted by Crippen LogP contribution is 2.89. The number of allylic oxidation sites excluding steroid dienone is 1. The van der Waals surface area contributed by atoms with E-state index in [0.29, 0.717) is 41.1 Å². The molecule has 9 nitrogen and oxygen atoms in total. The van der Waals surface area contributed by atoms with Crippen molar-refractivity contribution in [2.45, 2.75) is 44.2 Å². The maximum absolute atomic E-state index is 13.4. The molecule has 5 aliphatic carbocycles. The number of carboxylic acid groups (broad SMARTS) is 1. The molecule has 2 aromatic rings. The van der Waals surface area contributed by atoms with Gasteiger partial charge in [-0.15, -0.1) is 0 Å². The molecule has 0 radical (unpaired) electrons. The number of nitrogens with zero attached hydrogens (tertiary/aromatic N) is 4. The van der Waals surface area contributed by atoms with Gasteiger partial charge in [0.25, 0.3) is 0 Å². The van der Waals surface area contributed by atoms with Crippen molar-refractivity contribution in [1.29, 1.82) is 0 Å². The van der Waals surface area contributed by atoms with Crippen molar-refractivity contribution < 1.29 is 14.6 Å². The number of ether oxygens (including phenoxy) is 1. The number of fused-ring (bicyclic) bond motifs is 3. The second-order valence-electron chi connectivity index (χ2n) is 11.5. The van der Waals surface area contributed by atoms with E-state index in [4.69, 9.17) is 21.3 Å². The molecule has 5 fully saturated rings. The molecule has 0 amide bonds. The SMILES string of the molecule is Cn1c(=O)n(C2C3CC4CC5(C(=O)O)CC2C35C4)c2nc(NC3=CC4CCOC4C=C3Cl)ncc21. The summed E-state index contributed by atoms with van der Waals surface area (Å²) in [6.45, 7) is 0.716. The minimum absolute atomic E-state index is 0.000464. The number of imidazole rings is 1. The molecule has 8 atom stereocenters. The summed E-state index contributed by atoms with van der Waals surface area (Å²) in [6, 6.07) is 0.000464. The lowest BCUT2D eigenvalue weighted by Crippen LogP contribution is -2.74. The summed E-state index contributed by atoms with van der Waals surface area (Å²) < 4.78 is 9.15. The van der Waals surface area contributed by atoms with E-state index in [0.717, 1.165) is 31.4 Å². The quantitative estimate of drug-likeness (QED) is 0.670. The van der Waals surface area contributed by atoms with Crippen molar-refractivity contribution in [3.05, 3.63) is 39.6 Å². The van der Waals surface area contributed by atoms with Crippen molar-refractivity contribution >= 4 is 34.7 Å². The third-order valence-electron chi connectivity index (χ3n) is 10.4. The number of aromatic nitrogens is 4. The highest BCUT2D eigenvalue weighted by Gasteiger charge is 2.87. The number of aliphatic carboxylic acids is 1. The summed E-state index contributed by atoms with van der Waals surface area (Å²) in [5.41, 5.74) is 1.22. The van der Waals surface area contributed by atoms with E-state index in [1.807, 2.05) is 10.6 Å². The van der Waals surface area contributed by atoms with E-state index in [9.17, 15) is 14.7 Å². The summed E-state index contributed by atoms with van der Waals surface area (Å²) in [5.74, 6) is 0.934. The lowest BCUT2D eigenvalue weighted by Gasteiger charge is -2.74. The lowest BCUT2D eigenvalue weighted by molar-refractivity contribution is -0.275. The second kappa shape index (κ2) is 6.37. The first-order valence-electron chi connectivity index (χ1n) is 12.5. The van der Waals surface area contributed by atoms with Crippen molar-refractivity contribution in [2.24, 2.45) is 41.5 Å². The van der Waals surface area contributed by atoms with Crippen LogP contribution in [0.3, 0.4) is 0 Å². The number of hydrogen-bond acceptors (Lipinski definition) is 6. The third kappa shape index (κ3) is 2.22. The van der Waals surface area contributed by atoms with Crippen LogP contribution in [0.25, 0.3) is 11.2 Å². The highest BCUT2D eigenvalue weighted by atomic mass is 35.5. The topological polar surface area (TPSA) is 111 Å². The second-order valence-corrected chi connectivity index (χ2v) is 11.9. The van der Waals surface area contributed by atoms with E-state index in [-0.39, 0.29) is 41.0 Å². The van der Waals surface area contributed by atoms with Crippen LogP contribution in [0, 0.1) is 34.5 Å². The van der Waals surface area contributed by atoms with Gasteiger partial charge in [0.1, 0.15) is 5.52 Å². The summed E-state index contributed by atoms with van der Waals surface area (Å²) >= 11 is 6.51. The largest absolute Gasteiger partial charge is 0.481 e. The van der Waals surface area contributed by atoms with Gasteiger partial charge < -0.3 is 15.2 Å². The van der Waals surface area contributed by atoms with E-state index in [1.54, 1.807) is 17.8 Å². The van der Waals surface area contributed by atoms with Crippen molar-refractivity contribution in [2.75, 3.05) is 11.9 Å². The summed E-state index contributed by atoms with van der Waals surface area (Å²) in [4.78, 5) is 35.0. The molecular formula is C25H26ClN5O4. The molecule has 0 aromatic carbocycles. The Morgan fingerprint density at radius 3 is 2.97 bits per heavy atom. The van der Waals surface area contributed by atoms with Gasteiger partial charge in [-0.05, 0) is 61.3 Å². The number of carboxylic acids is 1. The van der Waals surface area contributed by atoms with E-state index in [2.05, 4.69) is 16.4 Å². The number of aryl methyl sites for hydroxylation is 1. The average Bonchev–Trinajstić information content (AvgIpc) is 3.54. The molecule has 2 bridgehead atoms. The van der Waals surface area contributed by atoms with Gasteiger partial charge >= 0.3 is 11.7 Å². The Hall–Kier alpha value is -2.65. The predicted octanol–water partition coefficient (Wildman–Crippen LogP) is 3.03. The Kier molecular flexibility index (Phi) is 3.73. The van der Waals surface area contributed by atoms with Crippen LogP contribution in [0.2, 0.25) is 0 Å². The minimum atomic E-state index is -0.640. The maximum atomic E-state index is 13.4.